The van der Waals surface area contributed by atoms with Gasteiger partial charge in [0.1, 0.15) is 5.82 Å². The Morgan fingerprint density at radius 3 is 2.66 bits per heavy atom. The van der Waals surface area contributed by atoms with Gasteiger partial charge in [0.25, 0.3) is 0 Å². The van der Waals surface area contributed by atoms with Gasteiger partial charge in [-0.25, -0.2) is 9.48 Å². The highest BCUT2D eigenvalue weighted by Crippen LogP contribution is 2.26. The van der Waals surface area contributed by atoms with Crippen molar-refractivity contribution in [3.05, 3.63) is 47.0 Å². The lowest BCUT2D eigenvalue weighted by Gasteiger charge is -2.32. The first kappa shape index (κ1) is 21.0. The first-order valence-electron chi connectivity index (χ1n) is 11.9. The topological polar surface area (TPSA) is 87.9 Å². The molecule has 2 fully saturated rings. The number of fused-ring (bicyclic) bond motifs is 1. The Balaban J connectivity index is 1.15. The SMILES string of the molecule is O=C(CN1CCC(n2c(=O)[nH]c3ccccc32)CC1)Nc1ccnn1CC1CCCCC1. The zero-order chi connectivity index (χ0) is 21.9. The number of likely N-dealkylation sites (tertiary alicyclic amines) is 1. The Labute approximate surface area is 187 Å². The van der Waals surface area contributed by atoms with E-state index >= 15 is 0 Å². The second-order valence-electron chi connectivity index (χ2n) is 9.28. The summed E-state index contributed by atoms with van der Waals surface area (Å²) < 4.78 is 3.83. The molecule has 8 nitrogen and oxygen atoms in total. The van der Waals surface area contributed by atoms with Crippen LogP contribution in [0.3, 0.4) is 0 Å². The van der Waals surface area contributed by atoms with E-state index in [0.717, 1.165) is 49.3 Å². The van der Waals surface area contributed by atoms with Crippen molar-refractivity contribution < 1.29 is 4.79 Å². The number of nitrogens with one attached hydrogen (secondary N) is 2. The van der Waals surface area contributed by atoms with Crippen LogP contribution in [0.4, 0.5) is 5.82 Å². The molecule has 3 aromatic rings. The second kappa shape index (κ2) is 9.32. The molecular weight excluding hydrogens is 404 g/mol. The molecule has 170 valence electrons. The third kappa shape index (κ3) is 4.50. The fourth-order valence-corrected chi connectivity index (χ4v) is 5.36. The number of carbonyl (C=O) groups excluding carboxylic acids is 1. The van der Waals surface area contributed by atoms with Crippen LogP contribution < -0.4 is 11.0 Å². The molecule has 1 aromatic carbocycles. The fraction of sp³-hybridized carbons (Fsp3) is 0.542. The van der Waals surface area contributed by atoms with Gasteiger partial charge in [0.15, 0.2) is 0 Å². The van der Waals surface area contributed by atoms with Crippen LogP contribution in [-0.4, -0.2) is 49.8 Å². The van der Waals surface area contributed by atoms with Crippen molar-refractivity contribution in [2.75, 3.05) is 25.0 Å². The van der Waals surface area contributed by atoms with Crippen molar-refractivity contribution in [1.29, 1.82) is 0 Å². The summed E-state index contributed by atoms with van der Waals surface area (Å²) in [7, 11) is 0. The number of amides is 1. The van der Waals surface area contributed by atoms with E-state index in [1.807, 2.05) is 39.6 Å². The molecule has 5 rings (SSSR count). The third-order valence-corrected chi connectivity index (χ3v) is 7.05. The molecule has 1 saturated carbocycles. The molecule has 0 unspecified atom stereocenters. The van der Waals surface area contributed by atoms with Crippen molar-refractivity contribution >= 4 is 22.8 Å². The zero-order valence-electron chi connectivity index (χ0n) is 18.5. The number of benzene rings is 1. The van der Waals surface area contributed by atoms with E-state index < -0.39 is 0 Å². The summed E-state index contributed by atoms with van der Waals surface area (Å²) in [5, 5.41) is 7.49. The smallest absolute Gasteiger partial charge is 0.310 e. The largest absolute Gasteiger partial charge is 0.326 e. The number of hydrogen-bond donors (Lipinski definition) is 2. The molecule has 0 bridgehead atoms. The van der Waals surface area contributed by atoms with Crippen LogP contribution in [0, 0.1) is 5.92 Å². The first-order valence-corrected chi connectivity index (χ1v) is 11.9. The molecule has 0 radical (unpaired) electrons. The molecule has 1 aliphatic carbocycles. The van der Waals surface area contributed by atoms with Crippen LogP contribution in [-0.2, 0) is 11.3 Å². The Hall–Kier alpha value is -2.87. The van der Waals surface area contributed by atoms with E-state index in [-0.39, 0.29) is 17.6 Å². The van der Waals surface area contributed by atoms with Crippen LogP contribution in [0.5, 0.6) is 0 Å². The lowest BCUT2D eigenvalue weighted by Crippen LogP contribution is -2.41. The molecule has 3 heterocycles. The second-order valence-corrected chi connectivity index (χ2v) is 9.28. The number of imidazole rings is 1. The summed E-state index contributed by atoms with van der Waals surface area (Å²) in [4.78, 5) is 30.3. The van der Waals surface area contributed by atoms with Gasteiger partial charge >= 0.3 is 5.69 Å². The van der Waals surface area contributed by atoms with Gasteiger partial charge in [0, 0.05) is 31.7 Å². The minimum absolute atomic E-state index is 0.00175. The summed E-state index contributed by atoms with van der Waals surface area (Å²) in [6.45, 7) is 2.84. The van der Waals surface area contributed by atoms with Gasteiger partial charge in [0.05, 0.1) is 23.8 Å². The Morgan fingerprint density at radius 1 is 1.06 bits per heavy atom. The number of piperidine rings is 1. The average molecular weight is 437 g/mol. The maximum atomic E-state index is 12.7. The van der Waals surface area contributed by atoms with E-state index in [4.69, 9.17) is 0 Å². The molecular formula is C24H32N6O2. The maximum Gasteiger partial charge on any atom is 0.326 e. The lowest BCUT2D eigenvalue weighted by atomic mass is 9.89. The zero-order valence-corrected chi connectivity index (χ0v) is 18.5. The van der Waals surface area contributed by atoms with Gasteiger partial charge < -0.3 is 10.3 Å². The maximum absolute atomic E-state index is 12.7. The summed E-state index contributed by atoms with van der Waals surface area (Å²) >= 11 is 0. The van der Waals surface area contributed by atoms with E-state index in [9.17, 15) is 9.59 Å². The molecule has 2 aromatic heterocycles. The highest BCUT2D eigenvalue weighted by atomic mass is 16.2. The number of hydrogen-bond acceptors (Lipinski definition) is 4. The monoisotopic (exact) mass is 436 g/mol. The van der Waals surface area contributed by atoms with Crippen LogP contribution >= 0.6 is 0 Å². The highest BCUT2D eigenvalue weighted by molar-refractivity contribution is 5.91. The van der Waals surface area contributed by atoms with E-state index in [1.54, 1.807) is 6.20 Å². The van der Waals surface area contributed by atoms with Crippen LogP contribution in [0.15, 0.2) is 41.3 Å². The molecule has 1 saturated heterocycles. The number of anilines is 1. The quantitative estimate of drug-likeness (QED) is 0.620. The predicted octanol–water partition coefficient (Wildman–Crippen LogP) is 3.38. The number of aromatic amines is 1. The van der Waals surface area contributed by atoms with Gasteiger partial charge in [-0.1, -0.05) is 31.4 Å². The first-order chi connectivity index (χ1) is 15.7. The van der Waals surface area contributed by atoms with Crippen molar-refractivity contribution in [3.63, 3.8) is 0 Å². The summed E-state index contributed by atoms with van der Waals surface area (Å²) in [5.41, 5.74) is 1.79. The molecule has 1 amide bonds. The molecule has 2 aliphatic rings. The molecule has 32 heavy (non-hydrogen) atoms. The van der Waals surface area contributed by atoms with Crippen molar-refractivity contribution in [2.45, 2.75) is 57.5 Å². The Kier molecular flexibility index (Phi) is 6.12. The number of nitrogens with zero attached hydrogens (tertiary/aromatic N) is 4. The predicted molar refractivity (Wildman–Crippen MR) is 125 cm³/mol. The summed E-state index contributed by atoms with van der Waals surface area (Å²) in [6.07, 6.45) is 9.92. The van der Waals surface area contributed by atoms with Crippen LogP contribution in [0.1, 0.15) is 51.0 Å². The number of rotatable bonds is 6. The van der Waals surface area contributed by atoms with Crippen LogP contribution in [0.2, 0.25) is 0 Å². The number of aromatic nitrogens is 4. The highest BCUT2D eigenvalue weighted by Gasteiger charge is 2.25. The normalized spacial score (nSPS) is 18.9. The minimum atomic E-state index is -0.0476. The number of para-hydroxylation sites is 2. The fourth-order valence-electron chi connectivity index (χ4n) is 5.36. The summed E-state index contributed by atoms with van der Waals surface area (Å²) in [5.74, 6) is 1.45. The molecule has 8 heteroatoms. The van der Waals surface area contributed by atoms with E-state index in [0.29, 0.717) is 12.5 Å². The van der Waals surface area contributed by atoms with Gasteiger partial charge in [-0.2, -0.15) is 5.10 Å². The Bertz CT molecular complexity index is 1110. The third-order valence-electron chi connectivity index (χ3n) is 7.05. The van der Waals surface area contributed by atoms with Gasteiger partial charge in [0.2, 0.25) is 5.91 Å². The van der Waals surface area contributed by atoms with E-state index in [2.05, 4.69) is 20.3 Å². The molecule has 0 spiro atoms. The van der Waals surface area contributed by atoms with Crippen molar-refractivity contribution in [3.8, 4) is 0 Å². The molecule has 2 N–H and O–H groups in total. The average Bonchev–Trinajstić information content (AvgIpc) is 3.38. The Morgan fingerprint density at radius 2 is 1.84 bits per heavy atom. The van der Waals surface area contributed by atoms with Crippen LogP contribution in [0.25, 0.3) is 11.0 Å². The van der Waals surface area contributed by atoms with Crippen molar-refractivity contribution in [2.24, 2.45) is 5.92 Å². The summed E-state index contributed by atoms with van der Waals surface area (Å²) in [6, 6.07) is 9.87. The van der Waals surface area contributed by atoms with Gasteiger partial charge in [-0.05, 0) is 43.7 Å². The van der Waals surface area contributed by atoms with Crippen molar-refractivity contribution in [1.82, 2.24) is 24.2 Å². The minimum Gasteiger partial charge on any atom is -0.310 e. The molecule has 1 aliphatic heterocycles. The lowest BCUT2D eigenvalue weighted by molar-refractivity contribution is -0.117. The van der Waals surface area contributed by atoms with Gasteiger partial charge in [-0.15, -0.1) is 0 Å². The van der Waals surface area contributed by atoms with E-state index in [1.165, 1.54) is 32.1 Å². The number of carbonyl (C=O) groups is 1. The van der Waals surface area contributed by atoms with Gasteiger partial charge in [-0.3, -0.25) is 14.3 Å². The number of H-pyrrole nitrogens is 1. The standard InChI is InChI=1S/C24H32N6O2/c31-23(27-22-10-13-25-29(22)16-18-6-2-1-3-7-18)17-28-14-11-19(12-15-28)30-21-9-5-4-8-20(21)26-24(30)32/h4-5,8-10,13,18-19H,1-3,6-7,11-12,14-17H2,(H,26,32)(H,27,31). The molecule has 0 atom stereocenters.